The molecule has 1 atom stereocenters. The Morgan fingerprint density at radius 1 is 1.59 bits per heavy atom. The van der Waals surface area contributed by atoms with Crippen molar-refractivity contribution < 1.29 is 4.79 Å². The van der Waals surface area contributed by atoms with E-state index in [1.807, 2.05) is 19.9 Å². The minimum Gasteiger partial charge on any atom is -0.325 e. The molecule has 0 radical (unpaired) electrons. The van der Waals surface area contributed by atoms with E-state index in [4.69, 9.17) is 5.26 Å². The van der Waals surface area contributed by atoms with E-state index >= 15 is 0 Å². The Balaban J connectivity index is 2.93. The number of aromatic nitrogens is 1. The number of nitrogens with zero attached hydrogens (tertiary/aromatic N) is 1. The van der Waals surface area contributed by atoms with Crippen molar-refractivity contribution in [3.63, 3.8) is 0 Å². The van der Waals surface area contributed by atoms with E-state index in [9.17, 15) is 9.59 Å². The second-order valence-corrected chi connectivity index (χ2v) is 4.20. The second kappa shape index (κ2) is 6.00. The fraction of sp³-hybridized carbons (Fsp3) is 0.462. The maximum absolute atomic E-state index is 11.4. The number of aromatic amines is 1. The molecule has 0 spiro atoms. The molecule has 0 aliphatic rings. The maximum atomic E-state index is 11.4. The first-order valence-corrected chi connectivity index (χ1v) is 5.67. The summed E-state index contributed by atoms with van der Waals surface area (Å²) in [4.78, 5) is 24.3. The molecule has 17 heavy (non-hydrogen) atoms. The zero-order valence-corrected chi connectivity index (χ0v) is 10.1. The number of H-pyrrole nitrogens is 1. The Bertz CT molecular complexity index is 497. The molecule has 1 rings (SSSR count). The number of pyridine rings is 1. The van der Waals surface area contributed by atoms with Gasteiger partial charge in [-0.1, -0.05) is 6.92 Å². The lowest BCUT2D eigenvalue weighted by Crippen LogP contribution is -2.14. The van der Waals surface area contributed by atoms with Gasteiger partial charge in [-0.05, 0) is 37.3 Å². The van der Waals surface area contributed by atoms with Gasteiger partial charge in [0.05, 0.1) is 0 Å². The Hall–Kier alpha value is -1.89. The van der Waals surface area contributed by atoms with Crippen LogP contribution in [0.15, 0.2) is 10.9 Å². The van der Waals surface area contributed by atoms with Crippen molar-refractivity contribution in [2.75, 3.05) is 0 Å². The number of aldehydes is 1. The Kier molecular flexibility index (Phi) is 4.65. The van der Waals surface area contributed by atoms with Crippen molar-refractivity contribution in [2.45, 2.75) is 39.0 Å². The Morgan fingerprint density at radius 3 is 2.88 bits per heavy atom. The van der Waals surface area contributed by atoms with Crippen LogP contribution in [0.2, 0.25) is 0 Å². The predicted molar refractivity (Wildman–Crippen MR) is 64.8 cm³/mol. The molecule has 0 aliphatic heterocycles. The third-order valence-corrected chi connectivity index (χ3v) is 2.89. The van der Waals surface area contributed by atoms with Crippen LogP contribution in [0.5, 0.6) is 0 Å². The van der Waals surface area contributed by atoms with Gasteiger partial charge in [0.25, 0.3) is 5.56 Å². The molecule has 0 aliphatic carbocycles. The topological polar surface area (TPSA) is 73.7 Å². The first kappa shape index (κ1) is 13.2. The number of hydrogen-bond acceptors (Lipinski definition) is 3. The summed E-state index contributed by atoms with van der Waals surface area (Å²) >= 11 is 0. The quantitative estimate of drug-likeness (QED) is 0.623. The van der Waals surface area contributed by atoms with E-state index in [2.05, 4.69) is 4.98 Å². The van der Waals surface area contributed by atoms with Crippen LogP contribution >= 0.6 is 0 Å². The van der Waals surface area contributed by atoms with Gasteiger partial charge in [-0.2, -0.15) is 5.26 Å². The number of nitrogens with one attached hydrogen (secondary N) is 1. The fourth-order valence-corrected chi connectivity index (χ4v) is 1.90. The first-order chi connectivity index (χ1) is 8.10. The standard InChI is InChI=1S/C13H16N2O2/c1-9(5-3-4-6-16)12-7-11(8-14)13(17)15-10(12)2/h6-7,9H,3-5H2,1-2H3,(H,15,17). The van der Waals surface area contributed by atoms with E-state index in [0.29, 0.717) is 6.42 Å². The molecular weight excluding hydrogens is 216 g/mol. The highest BCUT2D eigenvalue weighted by Gasteiger charge is 2.11. The molecule has 1 N–H and O–H groups in total. The molecule has 0 aromatic carbocycles. The van der Waals surface area contributed by atoms with E-state index in [1.165, 1.54) is 0 Å². The lowest BCUT2D eigenvalue weighted by atomic mass is 9.93. The van der Waals surface area contributed by atoms with Crippen LogP contribution in [0.25, 0.3) is 0 Å². The van der Waals surface area contributed by atoms with Crippen molar-refractivity contribution >= 4 is 6.29 Å². The number of carbonyl (C=O) groups is 1. The summed E-state index contributed by atoms with van der Waals surface area (Å²) in [7, 11) is 0. The molecule has 0 fully saturated rings. The molecular formula is C13H16N2O2. The molecule has 1 aromatic heterocycles. The molecule has 4 nitrogen and oxygen atoms in total. The van der Waals surface area contributed by atoms with Crippen LogP contribution in [0.4, 0.5) is 0 Å². The third-order valence-electron chi connectivity index (χ3n) is 2.89. The predicted octanol–water partition coefficient (Wildman–Crippen LogP) is 2.03. The van der Waals surface area contributed by atoms with Crippen LogP contribution in [0.1, 0.15) is 48.9 Å². The Labute approximate surface area is 100 Å². The molecule has 1 unspecified atom stereocenters. The average molecular weight is 232 g/mol. The fourth-order valence-electron chi connectivity index (χ4n) is 1.90. The summed E-state index contributed by atoms with van der Waals surface area (Å²) < 4.78 is 0. The van der Waals surface area contributed by atoms with E-state index < -0.39 is 0 Å². The van der Waals surface area contributed by atoms with Gasteiger partial charge >= 0.3 is 0 Å². The van der Waals surface area contributed by atoms with Crippen molar-refractivity contribution in [1.82, 2.24) is 4.98 Å². The monoisotopic (exact) mass is 232 g/mol. The molecule has 4 heteroatoms. The molecule has 1 heterocycles. The summed E-state index contributed by atoms with van der Waals surface area (Å²) in [6.45, 7) is 3.86. The van der Waals surface area contributed by atoms with Gasteiger partial charge in [0.2, 0.25) is 0 Å². The third kappa shape index (κ3) is 3.28. The number of rotatable bonds is 5. The minimum atomic E-state index is -0.339. The molecule has 1 aromatic rings. The SMILES string of the molecule is Cc1[nH]c(=O)c(C#N)cc1C(C)CCCC=O. The molecule has 0 saturated carbocycles. The second-order valence-electron chi connectivity index (χ2n) is 4.20. The highest BCUT2D eigenvalue weighted by atomic mass is 16.1. The number of nitriles is 1. The zero-order chi connectivity index (χ0) is 12.8. The lowest BCUT2D eigenvalue weighted by molar-refractivity contribution is -0.107. The summed E-state index contributed by atoms with van der Waals surface area (Å²) in [5.41, 5.74) is 1.58. The van der Waals surface area contributed by atoms with Crippen LogP contribution < -0.4 is 5.56 Å². The van der Waals surface area contributed by atoms with Crippen molar-refractivity contribution in [1.29, 1.82) is 5.26 Å². The van der Waals surface area contributed by atoms with Crippen molar-refractivity contribution in [3.05, 3.63) is 33.2 Å². The van der Waals surface area contributed by atoms with Gasteiger partial charge in [0, 0.05) is 12.1 Å². The summed E-state index contributed by atoms with van der Waals surface area (Å²) in [6, 6.07) is 3.54. The Morgan fingerprint density at radius 2 is 2.29 bits per heavy atom. The number of carbonyl (C=O) groups excluding carboxylic acids is 1. The summed E-state index contributed by atoms with van der Waals surface area (Å²) in [5, 5.41) is 8.81. The van der Waals surface area contributed by atoms with Crippen LogP contribution in [-0.4, -0.2) is 11.3 Å². The summed E-state index contributed by atoms with van der Waals surface area (Å²) in [6.07, 6.45) is 3.16. The maximum Gasteiger partial charge on any atom is 0.266 e. The minimum absolute atomic E-state index is 0.146. The van der Waals surface area contributed by atoms with Crippen molar-refractivity contribution in [3.8, 4) is 6.07 Å². The lowest BCUT2D eigenvalue weighted by Gasteiger charge is -2.13. The van der Waals surface area contributed by atoms with Gasteiger partial charge < -0.3 is 9.78 Å². The molecule has 90 valence electrons. The van der Waals surface area contributed by atoms with Gasteiger partial charge in [0.1, 0.15) is 17.9 Å². The number of unbranched alkanes of at least 4 members (excludes halogenated alkanes) is 1. The molecule has 0 bridgehead atoms. The highest BCUT2D eigenvalue weighted by Crippen LogP contribution is 2.23. The zero-order valence-electron chi connectivity index (χ0n) is 10.1. The van der Waals surface area contributed by atoms with E-state index in [-0.39, 0.29) is 17.0 Å². The van der Waals surface area contributed by atoms with Gasteiger partial charge in [0.15, 0.2) is 0 Å². The normalized spacial score (nSPS) is 11.8. The largest absolute Gasteiger partial charge is 0.325 e. The van der Waals surface area contributed by atoms with Gasteiger partial charge in [-0.3, -0.25) is 4.79 Å². The van der Waals surface area contributed by atoms with Crippen molar-refractivity contribution in [2.24, 2.45) is 0 Å². The van der Waals surface area contributed by atoms with E-state index in [0.717, 1.165) is 30.4 Å². The van der Waals surface area contributed by atoms with Gasteiger partial charge in [-0.25, -0.2) is 0 Å². The summed E-state index contributed by atoms with van der Waals surface area (Å²) in [5.74, 6) is 0.235. The number of aryl methyl sites for hydroxylation is 1. The van der Waals surface area contributed by atoms with Crippen LogP contribution in [0.3, 0.4) is 0 Å². The molecule has 0 saturated heterocycles. The average Bonchev–Trinajstić information content (AvgIpc) is 2.29. The smallest absolute Gasteiger partial charge is 0.266 e. The first-order valence-electron chi connectivity index (χ1n) is 5.67. The highest BCUT2D eigenvalue weighted by molar-refractivity contribution is 5.49. The number of hydrogen-bond donors (Lipinski definition) is 1. The molecule has 0 amide bonds. The van der Waals surface area contributed by atoms with Crippen LogP contribution in [0, 0.1) is 18.3 Å². The van der Waals surface area contributed by atoms with Crippen LogP contribution in [-0.2, 0) is 4.79 Å². The van der Waals surface area contributed by atoms with Gasteiger partial charge in [-0.15, -0.1) is 0 Å². The van der Waals surface area contributed by atoms with E-state index in [1.54, 1.807) is 6.07 Å².